The number of nitrogens with one attached hydrogen (secondary N) is 1. The molecule has 5 rings (SSSR count). The molecule has 7 nitrogen and oxygen atoms in total. The second-order valence-corrected chi connectivity index (χ2v) is 8.11. The lowest BCUT2D eigenvalue weighted by molar-refractivity contribution is 0.0601. The van der Waals surface area contributed by atoms with Crippen LogP contribution in [0.4, 0.5) is 5.69 Å². The molecular formula is C26H21N3O4S. The fraction of sp³-hybridized carbons (Fsp3) is 0.115. The van der Waals surface area contributed by atoms with Gasteiger partial charge in [0.1, 0.15) is 23.3 Å². The lowest BCUT2D eigenvalue weighted by atomic mass is 10.0. The number of aromatic nitrogens is 1. The largest absolute Gasteiger partial charge is 0.506 e. The summed E-state index contributed by atoms with van der Waals surface area (Å²) in [5, 5.41) is 14.4. The van der Waals surface area contributed by atoms with Gasteiger partial charge in [0.15, 0.2) is 5.11 Å². The van der Waals surface area contributed by atoms with Crippen molar-refractivity contribution in [3.63, 3.8) is 0 Å². The maximum absolute atomic E-state index is 12.3. The van der Waals surface area contributed by atoms with Gasteiger partial charge < -0.3 is 24.5 Å². The van der Waals surface area contributed by atoms with Crippen LogP contribution in [-0.4, -0.2) is 28.3 Å². The molecule has 3 heterocycles. The normalized spacial score (nSPS) is 17.4. The van der Waals surface area contributed by atoms with E-state index in [1.54, 1.807) is 36.5 Å². The molecule has 0 radical (unpaired) electrons. The van der Waals surface area contributed by atoms with Crippen LogP contribution in [0.2, 0.25) is 0 Å². The fourth-order valence-electron chi connectivity index (χ4n) is 4.21. The first-order valence-corrected chi connectivity index (χ1v) is 11.1. The van der Waals surface area contributed by atoms with E-state index in [1.165, 1.54) is 7.11 Å². The molecule has 2 aromatic heterocycles. The van der Waals surface area contributed by atoms with Crippen molar-refractivity contribution in [1.82, 2.24) is 10.3 Å². The number of furan rings is 1. The lowest BCUT2D eigenvalue weighted by Crippen LogP contribution is -2.29. The number of phenolic OH excluding ortho intramolecular Hbond substituents is 1. The van der Waals surface area contributed by atoms with Crippen molar-refractivity contribution < 1.29 is 19.1 Å². The SMILES string of the molecule is COC(=O)c1ccccc1-c1ccc(C2C(c3ccccn3)NC(=S)N2c2ccccc2O)o1. The van der Waals surface area contributed by atoms with Crippen LogP contribution in [0.25, 0.3) is 11.3 Å². The summed E-state index contributed by atoms with van der Waals surface area (Å²) in [6.07, 6.45) is 1.72. The van der Waals surface area contributed by atoms with Crippen molar-refractivity contribution in [2.45, 2.75) is 12.1 Å². The summed E-state index contributed by atoms with van der Waals surface area (Å²) in [4.78, 5) is 18.6. The minimum Gasteiger partial charge on any atom is -0.506 e. The predicted octanol–water partition coefficient (Wildman–Crippen LogP) is 5.01. The first-order valence-electron chi connectivity index (χ1n) is 10.6. The molecule has 1 fully saturated rings. The number of hydrogen-bond donors (Lipinski definition) is 2. The zero-order valence-electron chi connectivity index (χ0n) is 18.2. The van der Waals surface area contributed by atoms with Crippen LogP contribution < -0.4 is 10.2 Å². The Labute approximate surface area is 201 Å². The van der Waals surface area contributed by atoms with Gasteiger partial charge >= 0.3 is 5.97 Å². The van der Waals surface area contributed by atoms with Crippen LogP contribution in [0.3, 0.4) is 0 Å². The van der Waals surface area contributed by atoms with Gasteiger partial charge in [-0.05, 0) is 54.7 Å². The molecule has 4 aromatic rings. The Hall–Kier alpha value is -4.17. The van der Waals surface area contributed by atoms with E-state index >= 15 is 0 Å². The topological polar surface area (TPSA) is 87.8 Å². The zero-order chi connectivity index (χ0) is 23.7. The number of methoxy groups -OCH3 is 1. The van der Waals surface area contributed by atoms with Gasteiger partial charge in [-0.15, -0.1) is 0 Å². The number of carbonyl (C=O) groups is 1. The van der Waals surface area contributed by atoms with E-state index in [2.05, 4.69) is 10.3 Å². The van der Waals surface area contributed by atoms with E-state index in [0.29, 0.717) is 33.4 Å². The molecule has 1 saturated heterocycles. The number of benzene rings is 2. The lowest BCUT2D eigenvalue weighted by Gasteiger charge is -2.26. The average molecular weight is 472 g/mol. The van der Waals surface area contributed by atoms with Gasteiger partial charge in [0, 0.05) is 11.8 Å². The average Bonchev–Trinajstić information content (AvgIpc) is 3.49. The highest BCUT2D eigenvalue weighted by molar-refractivity contribution is 7.80. The Balaban J connectivity index is 1.62. The maximum Gasteiger partial charge on any atom is 0.338 e. The smallest absolute Gasteiger partial charge is 0.338 e. The number of ether oxygens (including phenoxy) is 1. The molecule has 2 aromatic carbocycles. The van der Waals surface area contributed by atoms with Gasteiger partial charge in [-0.1, -0.05) is 36.4 Å². The van der Waals surface area contributed by atoms with Gasteiger partial charge in [0.05, 0.1) is 30.1 Å². The molecular weight excluding hydrogens is 450 g/mol. The van der Waals surface area contributed by atoms with E-state index in [0.717, 1.165) is 5.69 Å². The Morgan fingerprint density at radius 3 is 2.59 bits per heavy atom. The highest BCUT2D eigenvalue weighted by atomic mass is 32.1. The number of aromatic hydroxyl groups is 1. The highest BCUT2D eigenvalue weighted by Crippen LogP contribution is 2.45. The summed E-state index contributed by atoms with van der Waals surface area (Å²) in [6.45, 7) is 0. The van der Waals surface area contributed by atoms with Crippen molar-refractivity contribution in [2.24, 2.45) is 0 Å². The third kappa shape index (κ3) is 3.78. The number of para-hydroxylation sites is 2. The van der Waals surface area contributed by atoms with Crippen molar-refractivity contribution in [3.05, 3.63) is 102 Å². The van der Waals surface area contributed by atoms with Crippen LogP contribution >= 0.6 is 12.2 Å². The van der Waals surface area contributed by atoms with Gasteiger partial charge in [-0.25, -0.2) is 4.79 Å². The molecule has 1 aliphatic heterocycles. The molecule has 0 aliphatic carbocycles. The minimum atomic E-state index is -0.445. The number of pyridine rings is 1. The second kappa shape index (κ2) is 8.99. The summed E-state index contributed by atoms with van der Waals surface area (Å²) in [5.41, 5.74) is 2.36. The molecule has 2 unspecified atom stereocenters. The Morgan fingerprint density at radius 1 is 1.06 bits per heavy atom. The van der Waals surface area contributed by atoms with E-state index in [-0.39, 0.29) is 11.8 Å². The molecule has 0 spiro atoms. The molecule has 0 bridgehead atoms. The molecule has 34 heavy (non-hydrogen) atoms. The van der Waals surface area contributed by atoms with E-state index in [4.69, 9.17) is 21.4 Å². The number of carbonyl (C=O) groups excluding carboxylic acids is 1. The van der Waals surface area contributed by atoms with Crippen molar-refractivity contribution in [2.75, 3.05) is 12.0 Å². The molecule has 170 valence electrons. The molecule has 0 amide bonds. The maximum atomic E-state index is 12.3. The predicted molar refractivity (Wildman–Crippen MR) is 132 cm³/mol. The number of esters is 1. The van der Waals surface area contributed by atoms with Crippen LogP contribution in [0.15, 0.2) is 89.5 Å². The minimum absolute atomic E-state index is 0.0983. The monoisotopic (exact) mass is 471 g/mol. The molecule has 0 saturated carbocycles. The molecule has 2 atom stereocenters. The quantitative estimate of drug-likeness (QED) is 0.310. The van der Waals surface area contributed by atoms with Crippen LogP contribution in [0.5, 0.6) is 5.75 Å². The highest BCUT2D eigenvalue weighted by Gasteiger charge is 2.43. The zero-order valence-corrected chi connectivity index (χ0v) is 19.0. The Kier molecular flexibility index (Phi) is 5.73. The van der Waals surface area contributed by atoms with Gasteiger partial charge in [-0.3, -0.25) is 4.98 Å². The summed E-state index contributed by atoms with van der Waals surface area (Å²) >= 11 is 5.68. The number of thiocarbonyl (C=S) groups is 1. The number of hydrogen-bond acceptors (Lipinski definition) is 6. The Morgan fingerprint density at radius 2 is 1.82 bits per heavy atom. The third-order valence-corrected chi connectivity index (χ3v) is 6.07. The number of rotatable bonds is 5. The first-order chi connectivity index (χ1) is 16.6. The summed E-state index contributed by atoms with van der Waals surface area (Å²) in [5.74, 6) is 0.771. The van der Waals surface area contributed by atoms with Crippen molar-refractivity contribution >= 4 is 29.0 Å². The number of anilines is 1. The van der Waals surface area contributed by atoms with Gasteiger partial charge in [0.2, 0.25) is 0 Å². The van der Waals surface area contributed by atoms with Crippen LogP contribution in [-0.2, 0) is 4.74 Å². The van der Waals surface area contributed by atoms with Crippen LogP contribution in [0.1, 0.15) is 33.9 Å². The summed E-state index contributed by atoms with van der Waals surface area (Å²) < 4.78 is 11.3. The van der Waals surface area contributed by atoms with E-state index in [9.17, 15) is 9.90 Å². The molecule has 1 aliphatic rings. The van der Waals surface area contributed by atoms with Crippen LogP contribution in [0, 0.1) is 0 Å². The van der Waals surface area contributed by atoms with Crippen molar-refractivity contribution in [3.8, 4) is 17.1 Å². The first kappa shape index (κ1) is 21.7. The standard InChI is InChI=1S/C26H21N3O4S/c1-32-25(31)17-9-3-2-8-16(17)21-13-14-22(33-21)24-23(18-10-6-7-15-27-18)28-26(34)29(24)19-11-4-5-12-20(19)30/h2-15,23-24,30H,1H3,(H,28,34). The Bertz CT molecular complexity index is 1350. The van der Waals surface area contributed by atoms with Gasteiger partial charge in [-0.2, -0.15) is 0 Å². The molecule has 8 heteroatoms. The summed E-state index contributed by atoms with van der Waals surface area (Å²) in [6, 6.07) is 22.7. The summed E-state index contributed by atoms with van der Waals surface area (Å²) in [7, 11) is 1.35. The number of phenols is 1. The fourth-order valence-corrected chi connectivity index (χ4v) is 4.55. The van der Waals surface area contributed by atoms with E-state index < -0.39 is 12.0 Å². The third-order valence-electron chi connectivity index (χ3n) is 5.76. The second-order valence-electron chi connectivity index (χ2n) is 7.72. The van der Waals surface area contributed by atoms with Gasteiger partial charge in [0.25, 0.3) is 0 Å². The van der Waals surface area contributed by atoms with E-state index in [1.807, 2.05) is 53.4 Å². The molecule has 2 N–H and O–H groups in total. The van der Waals surface area contributed by atoms with Crippen molar-refractivity contribution in [1.29, 1.82) is 0 Å². The number of nitrogens with zero attached hydrogens (tertiary/aromatic N) is 2.